The normalized spacial score (nSPS) is 10.7. The summed E-state index contributed by atoms with van der Waals surface area (Å²) in [5.41, 5.74) is 2.82. The van der Waals surface area contributed by atoms with Crippen LogP contribution in [0.4, 0.5) is 11.4 Å². The third-order valence-corrected chi connectivity index (χ3v) is 7.19. The van der Waals surface area contributed by atoms with Gasteiger partial charge in [0.2, 0.25) is 5.91 Å². The van der Waals surface area contributed by atoms with Crippen LogP contribution in [0.1, 0.15) is 36.8 Å². The van der Waals surface area contributed by atoms with Gasteiger partial charge in [-0.3, -0.25) is 9.59 Å². The van der Waals surface area contributed by atoms with Crippen molar-refractivity contribution in [3.05, 3.63) is 115 Å². The van der Waals surface area contributed by atoms with E-state index in [1.165, 1.54) is 17.1 Å². The van der Waals surface area contributed by atoms with E-state index >= 15 is 0 Å². The minimum absolute atomic E-state index is 0.242. The summed E-state index contributed by atoms with van der Waals surface area (Å²) in [7, 11) is 3.21. The first-order valence-corrected chi connectivity index (χ1v) is 16.4. The summed E-state index contributed by atoms with van der Waals surface area (Å²) < 4.78 is 26.8. The molecule has 0 bridgehead atoms. The molecular weight excluding hydrogens is 652 g/mol. The van der Waals surface area contributed by atoms with E-state index < -0.39 is 11.9 Å². The van der Waals surface area contributed by atoms with Crippen LogP contribution in [0.2, 0.25) is 0 Å². The highest BCUT2D eigenvalue weighted by molar-refractivity contribution is 6.04. The molecule has 51 heavy (non-hydrogen) atoms. The maximum absolute atomic E-state index is 12.9. The Morgan fingerprint density at radius 3 is 1.86 bits per heavy atom. The second kappa shape index (κ2) is 21.8. The van der Waals surface area contributed by atoms with Gasteiger partial charge in [0, 0.05) is 42.7 Å². The first-order chi connectivity index (χ1) is 24.7. The average Bonchev–Trinajstić information content (AvgIpc) is 3.16. The number of hydrogen-bond acceptors (Lipinski definition) is 9. The van der Waals surface area contributed by atoms with Crippen LogP contribution in [-0.4, -0.2) is 64.3 Å². The van der Waals surface area contributed by atoms with Crippen molar-refractivity contribution in [2.75, 3.05) is 50.8 Å². The maximum Gasteiger partial charge on any atom is 0.330 e. The molecule has 0 unspecified atom stereocenters. The van der Waals surface area contributed by atoms with Crippen molar-refractivity contribution >= 4 is 47.3 Å². The van der Waals surface area contributed by atoms with Crippen molar-refractivity contribution in [2.45, 2.75) is 25.7 Å². The number of unbranched alkanes of at least 4 members (excludes halogenated alkanes) is 2. The number of anilines is 2. The van der Waals surface area contributed by atoms with Crippen molar-refractivity contribution in [3.63, 3.8) is 0 Å². The number of carbonyl (C=O) groups excluding carboxylic acids is 4. The van der Waals surface area contributed by atoms with Crippen LogP contribution < -0.4 is 24.4 Å². The van der Waals surface area contributed by atoms with Gasteiger partial charge in [0.15, 0.2) is 11.5 Å². The number of amides is 2. The molecule has 3 aromatic carbocycles. The van der Waals surface area contributed by atoms with Gasteiger partial charge >= 0.3 is 11.9 Å². The van der Waals surface area contributed by atoms with Crippen molar-refractivity contribution in [2.24, 2.45) is 0 Å². The van der Waals surface area contributed by atoms with E-state index in [0.717, 1.165) is 29.7 Å². The van der Waals surface area contributed by atoms with Gasteiger partial charge in [0.1, 0.15) is 5.75 Å². The van der Waals surface area contributed by atoms with E-state index in [1.54, 1.807) is 62.7 Å². The molecule has 0 aromatic heterocycles. The van der Waals surface area contributed by atoms with E-state index in [0.29, 0.717) is 74.3 Å². The first kappa shape index (κ1) is 39.3. The summed E-state index contributed by atoms with van der Waals surface area (Å²) in [6.45, 7) is 8.26. The van der Waals surface area contributed by atoms with Crippen LogP contribution in [0.25, 0.3) is 12.2 Å². The molecule has 1 N–H and O–H groups in total. The molecule has 0 saturated heterocycles. The van der Waals surface area contributed by atoms with Crippen LogP contribution in [0.5, 0.6) is 17.2 Å². The molecule has 0 aliphatic rings. The molecule has 0 heterocycles. The highest BCUT2D eigenvalue weighted by Crippen LogP contribution is 2.29. The predicted octanol–water partition coefficient (Wildman–Crippen LogP) is 6.80. The monoisotopic (exact) mass is 696 g/mol. The summed E-state index contributed by atoms with van der Waals surface area (Å²) in [6, 6.07) is 19.7. The van der Waals surface area contributed by atoms with Gasteiger partial charge in [0.05, 0.1) is 33.5 Å². The molecule has 0 spiro atoms. The van der Waals surface area contributed by atoms with E-state index in [2.05, 4.69) is 18.5 Å². The SMILES string of the molecule is C=CC(=O)OCCCCOc1ccc(C=CC(=O)Nc2ccc(N(C)C(=O)C=Cc3ccc(OCCCCOC(=O)C=C)c(OC)c3)cc2)cc1. The Morgan fingerprint density at radius 1 is 0.686 bits per heavy atom. The number of carbonyl (C=O) groups is 4. The predicted molar refractivity (Wildman–Crippen MR) is 198 cm³/mol. The summed E-state index contributed by atoms with van der Waals surface area (Å²) >= 11 is 0. The Hall–Kier alpha value is -6.10. The lowest BCUT2D eigenvalue weighted by molar-refractivity contribution is -0.138. The average molecular weight is 697 g/mol. The van der Waals surface area contributed by atoms with Gasteiger partial charge < -0.3 is 33.9 Å². The molecule has 0 saturated carbocycles. The van der Waals surface area contributed by atoms with Gasteiger partial charge in [-0.2, -0.15) is 0 Å². The number of likely N-dealkylation sites (N-methyl/N-ethyl adjacent to an activating group) is 1. The van der Waals surface area contributed by atoms with Crippen molar-refractivity contribution < 1.29 is 42.9 Å². The van der Waals surface area contributed by atoms with Gasteiger partial charge in [-0.1, -0.05) is 31.4 Å². The molecule has 0 radical (unpaired) electrons. The lowest BCUT2D eigenvalue weighted by Crippen LogP contribution is -2.23. The van der Waals surface area contributed by atoms with Crippen molar-refractivity contribution in [1.82, 2.24) is 0 Å². The van der Waals surface area contributed by atoms with E-state index in [4.69, 9.17) is 23.7 Å². The molecule has 0 aliphatic carbocycles. The number of benzene rings is 3. The largest absolute Gasteiger partial charge is 0.494 e. The Kier molecular flexibility index (Phi) is 16.8. The number of esters is 2. The van der Waals surface area contributed by atoms with Crippen LogP contribution >= 0.6 is 0 Å². The Balaban J connectivity index is 1.42. The maximum atomic E-state index is 12.9. The summed E-state index contributed by atoms with van der Waals surface area (Å²) in [4.78, 5) is 49.0. The zero-order valence-corrected chi connectivity index (χ0v) is 29.0. The Bertz CT molecular complexity index is 1680. The smallest absolute Gasteiger partial charge is 0.330 e. The summed E-state index contributed by atoms with van der Waals surface area (Å²) in [5, 5.41) is 2.82. The van der Waals surface area contributed by atoms with Crippen molar-refractivity contribution in [1.29, 1.82) is 0 Å². The number of nitrogens with one attached hydrogen (secondary N) is 1. The topological polar surface area (TPSA) is 130 Å². The van der Waals surface area contributed by atoms with Gasteiger partial charge in [-0.15, -0.1) is 0 Å². The van der Waals surface area contributed by atoms with Crippen LogP contribution in [-0.2, 0) is 28.7 Å². The third-order valence-electron chi connectivity index (χ3n) is 7.19. The first-order valence-electron chi connectivity index (χ1n) is 16.4. The second-order valence-corrected chi connectivity index (χ2v) is 10.9. The molecule has 2 amide bonds. The van der Waals surface area contributed by atoms with Crippen molar-refractivity contribution in [3.8, 4) is 17.2 Å². The van der Waals surface area contributed by atoms with Gasteiger partial charge in [0.25, 0.3) is 5.91 Å². The molecule has 11 nitrogen and oxygen atoms in total. The molecule has 0 atom stereocenters. The fourth-order valence-corrected chi connectivity index (χ4v) is 4.36. The summed E-state index contributed by atoms with van der Waals surface area (Å²) in [6.07, 6.45) is 11.3. The highest BCUT2D eigenvalue weighted by atomic mass is 16.5. The Morgan fingerprint density at radius 2 is 1.25 bits per heavy atom. The number of hydrogen-bond donors (Lipinski definition) is 1. The minimum Gasteiger partial charge on any atom is -0.494 e. The number of ether oxygens (including phenoxy) is 5. The fraction of sp³-hybridized carbons (Fsp3) is 0.250. The fourth-order valence-electron chi connectivity index (χ4n) is 4.36. The second-order valence-electron chi connectivity index (χ2n) is 10.9. The zero-order valence-electron chi connectivity index (χ0n) is 29.0. The molecule has 0 fully saturated rings. The molecule has 3 rings (SSSR count). The lowest BCUT2D eigenvalue weighted by atomic mass is 10.1. The number of methoxy groups -OCH3 is 1. The lowest BCUT2D eigenvalue weighted by Gasteiger charge is -2.16. The quantitative estimate of drug-likeness (QED) is 0.0726. The summed E-state index contributed by atoms with van der Waals surface area (Å²) in [5.74, 6) is 0.381. The van der Waals surface area contributed by atoms with Crippen LogP contribution in [0.15, 0.2) is 104 Å². The standard InChI is InChI=1S/C40H44N2O9/c1-5-39(45)50-27-9-7-25-48-34-20-11-30(12-21-34)14-23-37(43)41-32-16-18-33(19-17-32)42(3)38(44)24-15-31-13-22-35(36(29-31)47-4)49-26-8-10-28-51-40(46)6-2/h5-6,11-24,29H,1-2,7-10,25-28H2,3-4H3,(H,41,43). The minimum atomic E-state index is -0.446. The van der Waals surface area contributed by atoms with Gasteiger partial charge in [-0.05, 0) is 97.5 Å². The van der Waals surface area contributed by atoms with E-state index in [9.17, 15) is 19.2 Å². The molecule has 0 aliphatic heterocycles. The van der Waals surface area contributed by atoms with Crippen LogP contribution in [0.3, 0.4) is 0 Å². The van der Waals surface area contributed by atoms with Gasteiger partial charge in [-0.25, -0.2) is 9.59 Å². The van der Waals surface area contributed by atoms with E-state index in [1.807, 2.05) is 30.3 Å². The highest BCUT2D eigenvalue weighted by Gasteiger charge is 2.10. The zero-order chi connectivity index (χ0) is 36.8. The molecular formula is C40H44N2O9. The Labute approximate surface area is 298 Å². The molecule has 3 aromatic rings. The number of rotatable bonds is 21. The van der Waals surface area contributed by atoms with Crippen LogP contribution in [0, 0.1) is 0 Å². The molecule has 11 heteroatoms. The number of nitrogens with zero attached hydrogens (tertiary/aromatic N) is 1. The molecule has 268 valence electrons. The van der Waals surface area contributed by atoms with E-state index in [-0.39, 0.29) is 11.8 Å². The third kappa shape index (κ3) is 14.5.